The van der Waals surface area contributed by atoms with Gasteiger partial charge in [0.15, 0.2) is 0 Å². The molecule has 5 nitrogen and oxygen atoms in total. The highest BCUT2D eigenvalue weighted by Crippen LogP contribution is 2.25. The summed E-state index contributed by atoms with van der Waals surface area (Å²) in [5, 5.41) is 11.0. The van der Waals surface area contributed by atoms with E-state index >= 15 is 0 Å². The van der Waals surface area contributed by atoms with Crippen molar-refractivity contribution in [3.63, 3.8) is 0 Å². The molecule has 0 spiro atoms. The predicted molar refractivity (Wildman–Crippen MR) is 74.7 cm³/mol. The van der Waals surface area contributed by atoms with Gasteiger partial charge in [-0.3, -0.25) is 15.0 Å². The monoisotopic (exact) mass is 281 g/mol. The van der Waals surface area contributed by atoms with Crippen molar-refractivity contribution in [1.82, 2.24) is 4.90 Å². The highest BCUT2D eigenvalue weighted by atomic mass is 19.1. The van der Waals surface area contributed by atoms with E-state index in [9.17, 15) is 14.5 Å². The molecule has 1 heterocycles. The van der Waals surface area contributed by atoms with E-state index in [4.69, 9.17) is 5.73 Å². The average molecular weight is 281 g/mol. The van der Waals surface area contributed by atoms with Crippen molar-refractivity contribution < 1.29 is 9.31 Å². The van der Waals surface area contributed by atoms with Gasteiger partial charge in [0.1, 0.15) is 5.82 Å². The maximum absolute atomic E-state index is 13.3. The number of rotatable bonds is 4. The lowest BCUT2D eigenvalue weighted by Gasteiger charge is -2.33. The van der Waals surface area contributed by atoms with Crippen LogP contribution in [0.5, 0.6) is 0 Å². The van der Waals surface area contributed by atoms with Crippen molar-refractivity contribution in [3.8, 4) is 0 Å². The number of hydrogen-bond acceptors (Lipinski definition) is 4. The summed E-state index contributed by atoms with van der Waals surface area (Å²) in [7, 11) is 0. The Morgan fingerprint density at radius 1 is 1.50 bits per heavy atom. The lowest BCUT2D eigenvalue weighted by atomic mass is 9.91. The number of nitrogens with two attached hydrogens (primary N) is 1. The fraction of sp³-hybridized carbons (Fsp3) is 0.571. The number of nitrogens with zero attached hydrogens (tertiary/aromatic N) is 2. The minimum atomic E-state index is -0.455. The zero-order chi connectivity index (χ0) is 14.7. The highest BCUT2D eigenvalue weighted by Gasteiger charge is 2.24. The molecule has 0 radical (unpaired) electrons. The minimum Gasteiger partial charge on any atom is -0.328 e. The van der Waals surface area contributed by atoms with E-state index in [1.807, 2.05) is 6.92 Å². The smallest absolute Gasteiger partial charge is 0.274 e. The maximum atomic E-state index is 13.3. The quantitative estimate of drug-likeness (QED) is 0.679. The molecule has 2 rings (SSSR count). The molecule has 1 fully saturated rings. The normalized spacial score (nSPS) is 18.9. The number of nitro groups is 1. The molecule has 1 aromatic carbocycles. The molecule has 0 aromatic heterocycles. The Balaban J connectivity index is 2.04. The van der Waals surface area contributed by atoms with Gasteiger partial charge in [0.25, 0.3) is 5.69 Å². The molecule has 110 valence electrons. The Kier molecular flexibility index (Phi) is 4.67. The highest BCUT2D eigenvalue weighted by molar-refractivity contribution is 5.40. The summed E-state index contributed by atoms with van der Waals surface area (Å²) in [5.41, 5.74) is 6.32. The van der Waals surface area contributed by atoms with Gasteiger partial charge in [0.05, 0.1) is 4.92 Å². The Labute approximate surface area is 117 Å². The van der Waals surface area contributed by atoms with Crippen LogP contribution in [-0.2, 0) is 6.54 Å². The average Bonchev–Trinajstić information content (AvgIpc) is 2.39. The van der Waals surface area contributed by atoms with E-state index in [0.717, 1.165) is 32.0 Å². The van der Waals surface area contributed by atoms with Crippen molar-refractivity contribution in [3.05, 3.63) is 39.7 Å². The van der Waals surface area contributed by atoms with Crippen LogP contribution >= 0.6 is 0 Å². The number of piperidine rings is 1. The lowest BCUT2D eigenvalue weighted by Crippen LogP contribution is -2.39. The van der Waals surface area contributed by atoms with Gasteiger partial charge >= 0.3 is 0 Å². The van der Waals surface area contributed by atoms with Gasteiger partial charge < -0.3 is 5.73 Å². The van der Waals surface area contributed by atoms with Crippen LogP contribution in [-0.4, -0.2) is 29.0 Å². The third-order valence-electron chi connectivity index (χ3n) is 4.01. The van der Waals surface area contributed by atoms with Crippen LogP contribution in [0.15, 0.2) is 18.2 Å². The van der Waals surface area contributed by atoms with Gasteiger partial charge in [-0.25, -0.2) is 4.39 Å². The molecule has 0 amide bonds. The van der Waals surface area contributed by atoms with Gasteiger partial charge in [-0.15, -0.1) is 0 Å². The lowest BCUT2D eigenvalue weighted by molar-refractivity contribution is -0.385. The zero-order valence-corrected chi connectivity index (χ0v) is 11.6. The summed E-state index contributed by atoms with van der Waals surface area (Å²) in [5.74, 6) is 0.0739. The second kappa shape index (κ2) is 6.28. The molecule has 1 unspecified atom stereocenters. The summed E-state index contributed by atoms with van der Waals surface area (Å²) >= 11 is 0. The molecule has 1 saturated heterocycles. The summed E-state index contributed by atoms with van der Waals surface area (Å²) in [6.07, 6.45) is 1.97. The van der Waals surface area contributed by atoms with E-state index in [2.05, 4.69) is 4.90 Å². The Morgan fingerprint density at radius 2 is 2.15 bits per heavy atom. The second-order valence-corrected chi connectivity index (χ2v) is 5.50. The third-order valence-corrected chi connectivity index (χ3v) is 4.01. The van der Waals surface area contributed by atoms with Crippen LogP contribution < -0.4 is 5.73 Å². The topological polar surface area (TPSA) is 72.4 Å². The van der Waals surface area contributed by atoms with Crippen molar-refractivity contribution >= 4 is 5.69 Å². The van der Waals surface area contributed by atoms with Crippen LogP contribution in [0, 0.1) is 21.8 Å². The molecular weight excluding hydrogens is 261 g/mol. The van der Waals surface area contributed by atoms with Crippen molar-refractivity contribution in [1.29, 1.82) is 0 Å². The summed E-state index contributed by atoms with van der Waals surface area (Å²) < 4.78 is 13.3. The molecule has 1 atom stereocenters. The number of halogens is 1. The number of benzene rings is 1. The molecule has 1 aliphatic rings. The van der Waals surface area contributed by atoms with E-state index in [1.165, 1.54) is 12.1 Å². The fourth-order valence-corrected chi connectivity index (χ4v) is 2.74. The number of likely N-dealkylation sites (tertiary alicyclic amines) is 1. The van der Waals surface area contributed by atoms with Gasteiger partial charge in [-0.05, 0) is 50.9 Å². The Morgan fingerprint density at radius 3 is 2.70 bits per heavy atom. The van der Waals surface area contributed by atoms with E-state index in [0.29, 0.717) is 18.0 Å². The first-order valence-corrected chi connectivity index (χ1v) is 6.88. The zero-order valence-electron chi connectivity index (χ0n) is 11.6. The van der Waals surface area contributed by atoms with Gasteiger partial charge in [-0.1, -0.05) is 0 Å². The summed E-state index contributed by atoms with van der Waals surface area (Å²) in [6.45, 7) is 4.12. The first kappa shape index (κ1) is 14.9. The third kappa shape index (κ3) is 3.52. The standard InChI is InChI=1S/C14H20FN3O2/c1-10(16)11-4-6-17(7-5-11)9-12-8-13(15)2-3-14(12)18(19)20/h2-3,8,10-11H,4-7,9,16H2,1H3. The van der Waals surface area contributed by atoms with E-state index in [-0.39, 0.29) is 11.7 Å². The Bertz CT molecular complexity index is 485. The van der Waals surface area contributed by atoms with Crippen LogP contribution in [0.4, 0.5) is 10.1 Å². The van der Waals surface area contributed by atoms with Crippen LogP contribution in [0.1, 0.15) is 25.3 Å². The Hall–Kier alpha value is -1.53. The van der Waals surface area contributed by atoms with Crippen LogP contribution in [0.25, 0.3) is 0 Å². The minimum absolute atomic E-state index is 0.0132. The van der Waals surface area contributed by atoms with Crippen molar-refractivity contribution in [2.24, 2.45) is 11.7 Å². The van der Waals surface area contributed by atoms with Gasteiger partial charge in [-0.2, -0.15) is 0 Å². The van der Waals surface area contributed by atoms with E-state index in [1.54, 1.807) is 0 Å². The maximum Gasteiger partial charge on any atom is 0.274 e. The molecule has 0 bridgehead atoms. The molecule has 1 aromatic rings. The summed E-state index contributed by atoms with van der Waals surface area (Å²) in [6, 6.07) is 3.81. The van der Waals surface area contributed by atoms with Gasteiger partial charge in [0.2, 0.25) is 0 Å². The first-order chi connectivity index (χ1) is 9.47. The molecule has 0 saturated carbocycles. The molecule has 20 heavy (non-hydrogen) atoms. The molecule has 2 N–H and O–H groups in total. The van der Waals surface area contributed by atoms with E-state index < -0.39 is 10.7 Å². The molecule has 0 aliphatic carbocycles. The number of nitro benzene ring substituents is 1. The van der Waals surface area contributed by atoms with Crippen LogP contribution in [0.3, 0.4) is 0 Å². The molecule has 1 aliphatic heterocycles. The first-order valence-electron chi connectivity index (χ1n) is 6.88. The van der Waals surface area contributed by atoms with Gasteiger partial charge in [0, 0.05) is 24.2 Å². The van der Waals surface area contributed by atoms with Crippen molar-refractivity contribution in [2.45, 2.75) is 32.4 Å². The number of hydrogen-bond donors (Lipinski definition) is 1. The fourth-order valence-electron chi connectivity index (χ4n) is 2.74. The molecular formula is C14H20FN3O2. The van der Waals surface area contributed by atoms with Crippen molar-refractivity contribution in [2.75, 3.05) is 13.1 Å². The predicted octanol–water partition coefficient (Wildman–Crippen LogP) is 2.29. The molecule has 6 heteroatoms. The SMILES string of the molecule is CC(N)C1CCN(Cc2cc(F)ccc2[N+](=O)[O-])CC1. The largest absolute Gasteiger partial charge is 0.328 e. The second-order valence-electron chi connectivity index (χ2n) is 5.50. The summed E-state index contributed by atoms with van der Waals surface area (Å²) in [4.78, 5) is 12.6. The van der Waals surface area contributed by atoms with Crippen LogP contribution in [0.2, 0.25) is 0 Å².